The average Bonchev–Trinajstić information content (AvgIpc) is 2.10. The third-order valence-corrected chi connectivity index (χ3v) is 1.90. The molecule has 7 heteroatoms. The van der Waals surface area contributed by atoms with Crippen molar-refractivity contribution in [3.63, 3.8) is 0 Å². The Morgan fingerprint density at radius 1 is 1.73 bits per heavy atom. The number of hydrogen-bond donors (Lipinski definition) is 1. The summed E-state index contributed by atoms with van der Waals surface area (Å²) in [7, 11) is -4.55. The van der Waals surface area contributed by atoms with Crippen LogP contribution in [0.1, 0.15) is 0 Å². The highest BCUT2D eigenvalue weighted by molar-refractivity contribution is 7.86. The largest absolute Gasteiger partial charge is 0.443 e. The number of alkyl carbamates (subject to hydrolysis) is 1. The van der Waals surface area contributed by atoms with Crippen LogP contribution in [-0.4, -0.2) is 32.9 Å². The lowest BCUT2D eigenvalue weighted by atomic mass is 10.4. The van der Waals surface area contributed by atoms with E-state index in [1.165, 1.54) is 0 Å². The van der Waals surface area contributed by atoms with Crippen LogP contribution in [0, 0.1) is 0 Å². The Kier molecular flexibility index (Phi) is 1.99. The number of amides is 1. The third-order valence-electron chi connectivity index (χ3n) is 1.13. The smallest absolute Gasteiger partial charge is 0.407 e. The number of nitrogens with one attached hydrogen (secondary N) is 1. The fraction of sp³-hybridized carbons (Fsp3) is 0.750. The summed E-state index contributed by atoms with van der Waals surface area (Å²) in [4.78, 5) is 10.3. The van der Waals surface area contributed by atoms with Crippen molar-refractivity contribution < 1.29 is 21.8 Å². The van der Waals surface area contributed by atoms with Crippen LogP contribution in [0.2, 0.25) is 0 Å². The van der Waals surface area contributed by atoms with Gasteiger partial charge < -0.3 is 10.1 Å². The molecular weight excluding hydrogens is 177 g/mol. The molecule has 1 atom stereocenters. The maximum Gasteiger partial charge on any atom is 0.407 e. The SMILES string of the molecule is O=C1NCC(CS(=O)(=O)F)O1. The highest BCUT2D eigenvalue weighted by atomic mass is 32.3. The van der Waals surface area contributed by atoms with Gasteiger partial charge in [0.15, 0.2) is 0 Å². The van der Waals surface area contributed by atoms with Crippen LogP contribution >= 0.6 is 0 Å². The molecule has 0 aromatic heterocycles. The molecule has 0 spiro atoms. The third kappa shape index (κ3) is 2.71. The van der Waals surface area contributed by atoms with E-state index in [0.29, 0.717) is 0 Å². The number of ether oxygens (including phenoxy) is 1. The topological polar surface area (TPSA) is 72.5 Å². The zero-order chi connectivity index (χ0) is 8.48. The average molecular weight is 183 g/mol. The summed E-state index contributed by atoms with van der Waals surface area (Å²) in [6.45, 7) is 0.0436. The van der Waals surface area contributed by atoms with Gasteiger partial charge in [-0.3, -0.25) is 0 Å². The molecule has 0 aliphatic carbocycles. The normalized spacial score (nSPS) is 24.5. The van der Waals surface area contributed by atoms with Crippen LogP contribution < -0.4 is 5.32 Å². The highest BCUT2D eigenvalue weighted by Crippen LogP contribution is 2.04. The molecule has 0 bridgehead atoms. The van der Waals surface area contributed by atoms with E-state index >= 15 is 0 Å². The van der Waals surface area contributed by atoms with Gasteiger partial charge in [-0.2, -0.15) is 8.42 Å². The molecule has 1 aliphatic heterocycles. The maximum absolute atomic E-state index is 11.9. The lowest BCUT2D eigenvalue weighted by Gasteiger charge is -2.01. The summed E-state index contributed by atoms with van der Waals surface area (Å²) in [5.74, 6) is -0.772. The Bertz CT molecular complexity index is 261. The number of hydrogen-bond acceptors (Lipinski definition) is 4. The van der Waals surface area contributed by atoms with Gasteiger partial charge in [0, 0.05) is 0 Å². The van der Waals surface area contributed by atoms with Gasteiger partial charge in [-0.1, -0.05) is 0 Å². The lowest BCUT2D eigenvalue weighted by Crippen LogP contribution is -2.22. The summed E-state index contributed by atoms with van der Waals surface area (Å²) in [6, 6.07) is 0. The number of halogens is 1. The summed E-state index contributed by atoms with van der Waals surface area (Å²) in [5, 5.41) is 2.20. The summed E-state index contributed by atoms with van der Waals surface area (Å²) < 4.78 is 36.3. The zero-order valence-corrected chi connectivity index (χ0v) is 6.23. The van der Waals surface area contributed by atoms with Crippen molar-refractivity contribution in [3.05, 3.63) is 0 Å². The van der Waals surface area contributed by atoms with Crippen molar-refractivity contribution in [2.45, 2.75) is 6.10 Å². The van der Waals surface area contributed by atoms with Gasteiger partial charge in [0.2, 0.25) is 0 Å². The standard InChI is InChI=1S/C4H6FNO4S/c5-11(8,9)2-3-1-6-4(7)10-3/h3H,1-2H2,(H,6,7). The first-order valence-corrected chi connectivity index (χ1v) is 4.39. The minimum atomic E-state index is -4.55. The predicted molar refractivity (Wildman–Crippen MR) is 33.2 cm³/mol. The Morgan fingerprint density at radius 2 is 2.36 bits per heavy atom. The molecular formula is C4H6FNO4S. The van der Waals surface area contributed by atoms with Gasteiger partial charge in [-0.05, 0) is 0 Å². The molecule has 1 aliphatic rings. The van der Waals surface area contributed by atoms with Gasteiger partial charge in [0.25, 0.3) is 0 Å². The highest BCUT2D eigenvalue weighted by Gasteiger charge is 2.27. The van der Waals surface area contributed by atoms with Gasteiger partial charge in [0.1, 0.15) is 11.9 Å². The Morgan fingerprint density at radius 3 is 2.73 bits per heavy atom. The van der Waals surface area contributed by atoms with Crippen molar-refractivity contribution >= 4 is 16.3 Å². The van der Waals surface area contributed by atoms with E-state index in [4.69, 9.17) is 0 Å². The second-order valence-corrected chi connectivity index (χ2v) is 3.52. The van der Waals surface area contributed by atoms with E-state index in [2.05, 4.69) is 10.1 Å². The van der Waals surface area contributed by atoms with Gasteiger partial charge >= 0.3 is 16.3 Å². The van der Waals surface area contributed by atoms with Crippen molar-refractivity contribution in [1.82, 2.24) is 5.32 Å². The molecule has 64 valence electrons. The zero-order valence-electron chi connectivity index (χ0n) is 5.41. The quantitative estimate of drug-likeness (QED) is 0.580. The van der Waals surface area contributed by atoms with Crippen molar-refractivity contribution in [3.8, 4) is 0 Å². The van der Waals surface area contributed by atoms with Gasteiger partial charge in [-0.15, -0.1) is 3.89 Å². The summed E-state index contributed by atoms with van der Waals surface area (Å²) in [6.07, 6.45) is -1.60. The Hall–Kier alpha value is -0.850. The number of rotatable bonds is 2. The van der Waals surface area contributed by atoms with E-state index in [0.717, 1.165) is 0 Å². The second kappa shape index (κ2) is 2.65. The van der Waals surface area contributed by atoms with Crippen LogP contribution in [0.3, 0.4) is 0 Å². The number of carbonyl (C=O) groups excluding carboxylic acids is 1. The summed E-state index contributed by atoms with van der Waals surface area (Å²) >= 11 is 0. The molecule has 0 radical (unpaired) electrons. The van der Waals surface area contributed by atoms with Crippen LogP contribution in [0.5, 0.6) is 0 Å². The second-order valence-electron chi connectivity index (χ2n) is 2.11. The molecule has 1 saturated heterocycles. The Labute approximate surface area is 62.7 Å². The number of cyclic esters (lactones) is 1. The van der Waals surface area contributed by atoms with Crippen LogP contribution in [-0.2, 0) is 15.0 Å². The maximum atomic E-state index is 11.9. The molecule has 0 aromatic carbocycles. The van der Waals surface area contributed by atoms with E-state index in [1.807, 2.05) is 0 Å². The first-order valence-electron chi connectivity index (χ1n) is 2.84. The molecule has 1 unspecified atom stereocenters. The van der Waals surface area contributed by atoms with E-state index in [1.54, 1.807) is 0 Å². The molecule has 0 aromatic rings. The van der Waals surface area contributed by atoms with Gasteiger partial charge in [0.05, 0.1) is 6.54 Å². The van der Waals surface area contributed by atoms with Crippen molar-refractivity contribution in [2.24, 2.45) is 0 Å². The molecule has 11 heavy (non-hydrogen) atoms. The summed E-state index contributed by atoms with van der Waals surface area (Å²) in [5.41, 5.74) is 0. The lowest BCUT2D eigenvalue weighted by molar-refractivity contribution is 0.149. The van der Waals surface area contributed by atoms with Gasteiger partial charge in [-0.25, -0.2) is 4.79 Å². The van der Waals surface area contributed by atoms with E-state index in [-0.39, 0.29) is 6.54 Å². The van der Waals surface area contributed by atoms with Crippen molar-refractivity contribution in [1.29, 1.82) is 0 Å². The first-order chi connectivity index (χ1) is 4.97. The van der Waals surface area contributed by atoms with E-state index in [9.17, 15) is 17.1 Å². The molecule has 1 fully saturated rings. The molecule has 1 rings (SSSR count). The Balaban J connectivity index is 2.47. The minimum absolute atomic E-state index is 0.0436. The van der Waals surface area contributed by atoms with Crippen LogP contribution in [0.25, 0.3) is 0 Å². The van der Waals surface area contributed by atoms with E-state index < -0.39 is 28.2 Å². The minimum Gasteiger partial charge on any atom is -0.443 e. The van der Waals surface area contributed by atoms with Crippen LogP contribution in [0.15, 0.2) is 0 Å². The molecule has 0 saturated carbocycles. The molecule has 1 heterocycles. The number of carbonyl (C=O) groups is 1. The first kappa shape index (κ1) is 8.25. The molecule has 5 nitrogen and oxygen atoms in total. The van der Waals surface area contributed by atoms with Crippen molar-refractivity contribution in [2.75, 3.05) is 12.3 Å². The fourth-order valence-corrected chi connectivity index (χ4v) is 1.38. The molecule has 1 amide bonds. The monoisotopic (exact) mass is 183 g/mol. The fourth-order valence-electron chi connectivity index (χ4n) is 0.747. The predicted octanol–water partition coefficient (Wildman–Crippen LogP) is -0.606. The molecule has 1 N–H and O–H groups in total. The van der Waals surface area contributed by atoms with Crippen LogP contribution in [0.4, 0.5) is 8.68 Å².